The molecule has 0 spiro atoms. The van der Waals surface area contributed by atoms with E-state index < -0.39 is 215 Å². The summed E-state index contributed by atoms with van der Waals surface area (Å²) in [6, 6.07) is 81.0. The Morgan fingerprint density at radius 3 is 1.48 bits per heavy atom. The molecule has 5 fully saturated rings. The van der Waals surface area contributed by atoms with E-state index in [0.29, 0.717) is 38.2 Å². The minimum absolute atomic E-state index is 0.226. The third kappa shape index (κ3) is 26.1. The van der Waals surface area contributed by atoms with Gasteiger partial charge in [-0.3, -0.25) is 23.2 Å². The van der Waals surface area contributed by atoms with Crippen LogP contribution < -0.4 is 42.0 Å². The van der Waals surface area contributed by atoms with Crippen LogP contribution in [0.25, 0.3) is 0 Å². The van der Waals surface area contributed by atoms with Gasteiger partial charge in [-0.15, -0.1) is 0 Å². The predicted octanol–water partition coefficient (Wildman–Crippen LogP) is 12.9. The summed E-state index contributed by atoms with van der Waals surface area (Å²) in [6.45, 7) is 11.0. The van der Waals surface area contributed by atoms with Crippen molar-refractivity contribution in [2.24, 2.45) is 5.92 Å². The summed E-state index contributed by atoms with van der Waals surface area (Å²) in [7, 11) is -13.0. The molecule has 0 radical (unpaired) electrons. The highest BCUT2D eigenvalue weighted by Crippen LogP contribution is 2.51. The lowest BCUT2D eigenvalue weighted by molar-refractivity contribution is -0.310. The van der Waals surface area contributed by atoms with E-state index >= 15 is 19.2 Å². The molecule has 34 nitrogen and oxygen atoms in total. The number of aromatic nitrogens is 2. The number of carbonyl (C=O) groups is 7. The zero-order valence-electron chi connectivity index (χ0n) is 82.8. The van der Waals surface area contributed by atoms with Crippen LogP contribution in [-0.2, 0) is 121 Å². The molecule has 1 saturated carbocycles. The number of ether oxygens (including phenoxy) is 14. The van der Waals surface area contributed by atoms with Gasteiger partial charge in [-0.05, 0) is 97.2 Å². The number of nitrogens with zero attached hydrogens (tertiary/aromatic N) is 3. The molecule has 4 aliphatic heterocycles. The van der Waals surface area contributed by atoms with Gasteiger partial charge in [-0.2, -0.15) is 8.42 Å². The SMILES string of the molecule is CC(=O)O[C@H]1[C@@H](NC(=O)OCc2ccccc2)[C@@H](O[C@H]2[C@H](O[C@@H]3O[C@H](CO[Si](c4ccccc4)(c4ccccc4)C(C)(C)C)[C@@H](O[C@H]4O[C@@H](CN(C(=O)OCc5ccccc5)C(O)c5ccccc5)C[C@H](OC(C)=O)[C@H]4NC(=O)OCc4ccccc4)[C@H]3CC(C)(C)[Si](O)(c3ccccc3)c3ccccc3)[C@H]3OC(=O)N[C@@H]3C[C@@H]2NC(=O)OCc2ccccc2)O[C@H](COS(=O)(=O)c2ccc(C)cc2)[C@H]1OC(=S)n1ccnc1. The molecule has 0 bridgehead atoms. The third-order valence-electron chi connectivity index (χ3n) is 27.0. The first-order valence-corrected chi connectivity index (χ1v) is 54.5. The van der Waals surface area contributed by atoms with Gasteiger partial charge in [0.25, 0.3) is 31.9 Å². The minimum atomic E-state index is -4.78. The van der Waals surface area contributed by atoms with Gasteiger partial charge in [0.05, 0.1) is 48.9 Å². The Kier molecular flexibility index (Phi) is 35.3. The summed E-state index contributed by atoms with van der Waals surface area (Å²) in [5.41, 5.74) is 3.31. The predicted molar refractivity (Wildman–Crippen MR) is 549 cm³/mol. The lowest BCUT2D eigenvalue weighted by Crippen LogP contribution is -2.70. The zero-order valence-corrected chi connectivity index (χ0v) is 86.5. The van der Waals surface area contributed by atoms with Crippen LogP contribution in [-0.4, -0.2) is 221 Å². The van der Waals surface area contributed by atoms with Crippen molar-refractivity contribution in [2.75, 3.05) is 19.8 Å². The topological polar surface area (TPSA) is 411 Å². The van der Waals surface area contributed by atoms with Crippen molar-refractivity contribution in [3.05, 3.63) is 349 Å². The van der Waals surface area contributed by atoms with Crippen molar-refractivity contribution in [1.29, 1.82) is 0 Å². The molecule has 10 aromatic carbocycles. The highest BCUT2D eigenvalue weighted by atomic mass is 32.2. The van der Waals surface area contributed by atoms with Crippen LogP contribution in [0.15, 0.2) is 321 Å². The molecule has 6 N–H and O–H groups in total. The van der Waals surface area contributed by atoms with Crippen molar-refractivity contribution < 1.29 is 127 Å². The zero-order chi connectivity index (χ0) is 104. The highest BCUT2D eigenvalue weighted by molar-refractivity contribution is 7.86. The van der Waals surface area contributed by atoms with Gasteiger partial charge in [0.15, 0.2) is 43.4 Å². The Morgan fingerprint density at radius 2 is 0.980 bits per heavy atom. The molecule has 5 heterocycles. The Balaban J connectivity index is 0.900. The second-order valence-corrected chi connectivity index (χ2v) is 48.8. The van der Waals surface area contributed by atoms with Crippen LogP contribution in [0.2, 0.25) is 10.1 Å². The molecule has 148 heavy (non-hydrogen) atoms. The van der Waals surface area contributed by atoms with E-state index in [1.54, 1.807) is 165 Å². The smallest absolute Gasteiger partial charge is 0.412 e. The first-order chi connectivity index (χ1) is 71.3. The fraction of sp³-hybridized carbons (Fsp3) is 0.355. The summed E-state index contributed by atoms with van der Waals surface area (Å²) in [6.07, 6.45) is -26.2. The highest BCUT2D eigenvalue weighted by Gasteiger charge is 2.63. The normalized spacial score (nSPS) is 23.6. The molecule has 1 unspecified atom stereocenters. The molecule has 19 atom stereocenters. The molecule has 1 aromatic heterocycles. The van der Waals surface area contributed by atoms with Crippen LogP contribution in [0.5, 0.6) is 0 Å². The molecule has 5 amide bonds. The van der Waals surface area contributed by atoms with Gasteiger partial charge in [-0.25, -0.2) is 29.0 Å². The Hall–Kier alpha value is -13.4. The van der Waals surface area contributed by atoms with E-state index in [-0.39, 0.29) is 61.3 Å². The molecule has 778 valence electrons. The van der Waals surface area contributed by atoms with Gasteiger partial charge in [-0.1, -0.05) is 325 Å². The standard InChI is InChI=1S/C110H121N7O27S2Si2/c1-71-54-56-80(57-55-71)146(126,127)133-68-89-96(144-108(145)116-59-58-111-70-116)97(136-73(3)119)92(115-105(123)131-66-76-40-22-11-23-41-76)102(139-89)141-94-86(112-103(121)129-64-74-36-18-9-19-37-74)61-87-95(143-106(124)113-87)98(94)142-100-85(62-110(7,8)147(128,81-46-28-14-29-47-81)82-48-30-15-31-49-82)93(90(138-100)69-134-148(109(4,5)6,83-50-32-16-33-51-83)84-52-34-17-35-53-84)140-101-91(114-104(122)130-65-75-38-20-10-21-39-75)88(135-72(2)118)60-79(137-101)63-117(99(120)78-44-26-13-27-45-78)107(125)132-67-77-42-24-12-25-43-77/h9-59,70,79,85-102,120,128H,60-69H2,1-8H3,(H,112,121)(H,113,124)(H,114,122)(H,115,123)/t79-,85-,86+,87-,88+,89-,90-,91-,92-,93+,94-,95+,96-,97+,98+,99?,100+,101-,102-/m1/s1. The molecular formula is C110H121N7O27S2Si2. The van der Waals surface area contributed by atoms with E-state index in [1.165, 1.54) is 42.3 Å². The number of alkyl carbamates (subject to hydrolysis) is 4. The Morgan fingerprint density at radius 1 is 0.527 bits per heavy atom. The van der Waals surface area contributed by atoms with Crippen molar-refractivity contribution in [3.63, 3.8) is 0 Å². The average Bonchev–Trinajstić information content (AvgIpc) is 1.41. The number of benzene rings is 10. The molecule has 4 saturated heterocycles. The molecule has 16 rings (SSSR count). The van der Waals surface area contributed by atoms with E-state index in [2.05, 4.69) is 47.0 Å². The third-order valence-corrected chi connectivity index (χ3v) is 38.1. The van der Waals surface area contributed by atoms with Crippen LogP contribution >= 0.6 is 12.2 Å². The lowest BCUT2D eigenvalue weighted by Gasteiger charge is -2.49. The fourth-order valence-electron chi connectivity index (χ4n) is 19.9. The van der Waals surface area contributed by atoms with Gasteiger partial charge in [0, 0.05) is 44.1 Å². The van der Waals surface area contributed by atoms with Crippen LogP contribution in [0.1, 0.15) is 107 Å². The summed E-state index contributed by atoms with van der Waals surface area (Å²) in [5.74, 6) is -3.22. The number of thiocarbonyl (C=S) groups is 1. The van der Waals surface area contributed by atoms with Crippen LogP contribution in [0.4, 0.5) is 24.0 Å². The quantitative estimate of drug-likeness (QED) is 0.00523. The molecule has 1 aliphatic carbocycles. The molecule has 11 aromatic rings. The van der Waals surface area contributed by atoms with Gasteiger partial charge in [0.1, 0.15) is 75.4 Å². The van der Waals surface area contributed by atoms with Gasteiger partial charge >= 0.3 is 42.4 Å². The number of nitrogens with one attached hydrogen (secondary N) is 4. The summed E-state index contributed by atoms with van der Waals surface area (Å²) in [5, 5.41) is 24.7. The maximum absolute atomic E-state index is 15.3. The number of carbonyl (C=O) groups excluding carboxylic acids is 7. The molecular weight excluding hydrogens is 1970 g/mol. The van der Waals surface area contributed by atoms with Crippen LogP contribution in [0, 0.1) is 12.8 Å². The Bertz CT molecular complexity index is 6280. The van der Waals surface area contributed by atoms with E-state index in [4.69, 9.17) is 87.1 Å². The second-order valence-electron chi connectivity index (χ2n) is 38.6. The number of aryl methyl sites for hydroxylation is 1. The fourth-order valence-corrected chi connectivity index (χ4v) is 29.4. The average molecular weight is 2090 g/mol. The van der Waals surface area contributed by atoms with Gasteiger partial charge < -0.3 is 102 Å². The first-order valence-electron chi connectivity index (χ1n) is 48.9. The largest absolute Gasteiger partial charge is 0.460 e. The van der Waals surface area contributed by atoms with E-state index in [1.807, 2.05) is 141 Å². The summed E-state index contributed by atoms with van der Waals surface area (Å²) >= 11 is 5.93. The molecule has 38 heteroatoms. The maximum atomic E-state index is 15.3. The van der Waals surface area contributed by atoms with E-state index in [9.17, 15) is 32.7 Å². The van der Waals surface area contributed by atoms with Gasteiger partial charge in [0.2, 0.25) is 0 Å². The number of hydrogen-bond donors (Lipinski definition) is 6. The lowest BCUT2D eigenvalue weighted by atomic mass is 9.83. The first kappa shape index (κ1) is 107. The van der Waals surface area contributed by atoms with Crippen molar-refractivity contribution in [2.45, 2.75) is 226 Å². The minimum Gasteiger partial charge on any atom is -0.460 e. The van der Waals surface area contributed by atoms with Crippen molar-refractivity contribution >= 4 is 107 Å². The number of amides is 5. The van der Waals surface area contributed by atoms with Crippen LogP contribution in [0.3, 0.4) is 0 Å². The van der Waals surface area contributed by atoms with E-state index in [0.717, 1.165) is 22.2 Å². The number of aliphatic hydroxyl groups excluding tert-OH is 1. The monoisotopic (exact) mass is 2090 g/mol. The Labute approximate surface area is 865 Å². The number of fused-ring (bicyclic) bond motifs is 1. The van der Waals surface area contributed by atoms with Crippen molar-refractivity contribution in [1.82, 2.24) is 35.7 Å². The number of aliphatic hydroxyl groups is 1. The number of imidazole rings is 1. The second kappa shape index (κ2) is 48.7. The molecule has 5 aliphatic rings. The number of hydrogen-bond acceptors (Lipinski definition) is 29. The maximum Gasteiger partial charge on any atom is 0.412 e. The summed E-state index contributed by atoms with van der Waals surface area (Å²) in [4.78, 5) is 124. The number of rotatable bonds is 38. The van der Waals surface area contributed by atoms with Crippen molar-refractivity contribution in [3.8, 4) is 0 Å². The number of esters is 2. The summed E-state index contributed by atoms with van der Waals surface area (Å²) < 4.78 is 141.